The van der Waals surface area contributed by atoms with E-state index in [1.807, 2.05) is 57.2 Å². The first-order valence-electron chi connectivity index (χ1n) is 8.22. The van der Waals surface area contributed by atoms with Crippen molar-refractivity contribution in [3.8, 4) is 5.75 Å². The van der Waals surface area contributed by atoms with Crippen molar-refractivity contribution in [1.29, 1.82) is 0 Å². The largest absolute Gasteiger partial charge is 0.495 e. The molecule has 26 heavy (non-hydrogen) atoms. The van der Waals surface area contributed by atoms with Gasteiger partial charge in [0.25, 0.3) is 5.91 Å². The van der Waals surface area contributed by atoms with Crippen molar-refractivity contribution in [3.63, 3.8) is 0 Å². The average Bonchev–Trinajstić information content (AvgIpc) is 3.08. The molecule has 2 N–H and O–H groups in total. The van der Waals surface area contributed by atoms with E-state index in [1.165, 1.54) is 11.3 Å². The van der Waals surface area contributed by atoms with Crippen LogP contribution in [0.3, 0.4) is 0 Å². The molecule has 0 fully saturated rings. The summed E-state index contributed by atoms with van der Waals surface area (Å²) in [4.78, 5) is 16.9. The second-order valence-corrected chi connectivity index (χ2v) is 6.93. The first kappa shape index (κ1) is 17.9. The van der Waals surface area contributed by atoms with Gasteiger partial charge < -0.3 is 15.4 Å². The van der Waals surface area contributed by atoms with Crippen LogP contribution in [-0.4, -0.2) is 18.0 Å². The van der Waals surface area contributed by atoms with Crippen molar-refractivity contribution in [3.05, 3.63) is 64.2 Å². The molecule has 2 aromatic carbocycles. The zero-order valence-electron chi connectivity index (χ0n) is 15.2. The van der Waals surface area contributed by atoms with Crippen LogP contribution in [0.4, 0.5) is 16.5 Å². The number of nitrogens with zero attached hydrogens (tertiary/aromatic N) is 1. The molecule has 3 rings (SSSR count). The third-order valence-electron chi connectivity index (χ3n) is 4.19. The highest BCUT2D eigenvalue weighted by Gasteiger charge is 2.14. The molecule has 0 saturated carbocycles. The van der Waals surface area contributed by atoms with Crippen molar-refractivity contribution >= 4 is 33.8 Å². The van der Waals surface area contributed by atoms with Crippen LogP contribution in [0, 0.1) is 20.8 Å². The second kappa shape index (κ2) is 7.58. The number of aryl methyl sites for hydroxylation is 2. The fraction of sp³-hybridized carbons (Fsp3) is 0.200. The maximum atomic E-state index is 12.5. The fourth-order valence-corrected chi connectivity index (χ4v) is 3.25. The normalized spacial score (nSPS) is 10.5. The third kappa shape index (κ3) is 3.86. The molecule has 0 aliphatic rings. The first-order chi connectivity index (χ1) is 12.5. The molecule has 0 bridgehead atoms. The molecule has 0 atom stereocenters. The fourth-order valence-electron chi connectivity index (χ4n) is 2.54. The van der Waals surface area contributed by atoms with E-state index in [0.29, 0.717) is 10.8 Å². The van der Waals surface area contributed by atoms with Gasteiger partial charge in [-0.2, -0.15) is 0 Å². The van der Waals surface area contributed by atoms with Gasteiger partial charge in [-0.1, -0.05) is 18.2 Å². The van der Waals surface area contributed by atoms with Crippen LogP contribution in [0.5, 0.6) is 5.75 Å². The Morgan fingerprint density at radius 2 is 1.92 bits per heavy atom. The Labute approximate surface area is 157 Å². The maximum absolute atomic E-state index is 12.5. The predicted molar refractivity (Wildman–Crippen MR) is 107 cm³/mol. The number of rotatable bonds is 5. The van der Waals surface area contributed by atoms with Gasteiger partial charge in [0.1, 0.15) is 11.4 Å². The summed E-state index contributed by atoms with van der Waals surface area (Å²) in [7, 11) is 1.63. The van der Waals surface area contributed by atoms with E-state index in [1.54, 1.807) is 12.5 Å². The van der Waals surface area contributed by atoms with E-state index in [-0.39, 0.29) is 5.91 Å². The number of methoxy groups -OCH3 is 1. The van der Waals surface area contributed by atoms with Gasteiger partial charge in [-0.05, 0) is 55.7 Å². The summed E-state index contributed by atoms with van der Waals surface area (Å²) in [6.07, 6.45) is 0. The lowest BCUT2D eigenvalue weighted by atomic mass is 10.1. The Morgan fingerprint density at radius 1 is 1.12 bits per heavy atom. The van der Waals surface area contributed by atoms with Crippen molar-refractivity contribution < 1.29 is 9.53 Å². The van der Waals surface area contributed by atoms with Gasteiger partial charge in [-0.15, -0.1) is 11.3 Å². The first-order valence-corrected chi connectivity index (χ1v) is 9.10. The molecule has 6 heteroatoms. The number of hydrogen-bond donors (Lipinski definition) is 2. The van der Waals surface area contributed by atoms with Crippen LogP contribution in [-0.2, 0) is 0 Å². The summed E-state index contributed by atoms with van der Waals surface area (Å²) in [6.45, 7) is 6.02. The summed E-state index contributed by atoms with van der Waals surface area (Å²) >= 11 is 1.38. The number of carbonyl (C=O) groups excluding carboxylic acids is 1. The zero-order valence-corrected chi connectivity index (χ0v) is 16.0. The molecule has 0 aliphatic carbocycles. The van der Waals surface area contributed by atoms with Crippen molar-refractivity contribution in [2.45, 2.75) is 20.8 Å². The van der Waals surface area contributed by atoms with Crippen LogP contribution in [0.2, 0.25) is 0 Å². The topological polar surface area (TPSA) is 63.2 Å². The van der Waals surface area contributed by atoms with Crippen LogP contribution in [0.1, 0.15) is 27.2 Å². The molecule has 0 unspecified atom stereocenters. The minimum atomic E-state index is -0.223. The highest BCUT2D eigenvalue weighted by molar-refractivity contribution is 7.14. The van der Waals surface area contributed by atoms with Gasteiger partial charge in [0.2, 0.25) is 0 Å². The van der Waals surface area contributed by atoms with E-state index in [0.717, 1.165) is 33.8 Å². The van der Waals surface area contributed by atoms with Crippen molar-refractivity contribution in [2.24, 2.45) is 0 Å². The number of anilines is 3. The van der Waals surface area contributed by atoms with Crippen LogP contribution < -0.4 is 15.4 Å². The van der Waals surface area contributed by atoms with Crippen molar-refractivity contribution in [1.82, 2.24) is 4.98 Å². The standard InChI is InChI=1S/C20H21N3O2S/c1-12-8-9-18(25-4)16(10-12)22-20-23-17(11-26-20)19(24)21-15-7-5-6-13(2)14(15)3/h5-11H,1-4H3,(H,21,24)(H,22,23). The predicted octanol–water partition coefficient (Wildman–Crippen LogP) is 5.07. The van der Waals surface area contributed by atoms with E-state index in [4.69, 9.17) is 4.74 Å². The minimum Gasteiger partial charge on any atom is -0.495 e. The summed E-state index contributed by atoms with van der Waals surface area (Å²) in [5, 5.41) is 8.54. The number of ether oxygens (including phenoxy) is 1. The Balaban J connectivity index is 1.76. The van der Waals surface area contributed by atoms with E-state index in [2.05, 4.69) is 15.6 Å². The quantitative estimate of drug-likeness (QED) is 0.661. The zero-order chi connectivity index (χ0) is 18.7. The number of hydrogen-bond acceptors (Lipinski definition) is 5. The van der Waals surface area contributed by atoms with E-state index in [9.17, 15) is 4.79 Å². The third-order valence-corrected chi connectivity index (χ3v) is 4.94. The summed E-state index contributed by atoms with van der Waals surface area (Å²) in [5.74, 6) is 0.506. The lowest BCUT2D eigenvalue weighted by molar-refractivity contribution is 0.102. The minimum absolute atomic E-state index is 0.223. The molecule has 0 spiro atoms. The highest BCUT2D eigenvalue weighted by Crippen LogP contribution is 2.30. The number of thiazole rings is 1. The van der Waals surface area contributed by atoms with Crippen LogP contribution in [0.15, 0.2) is 41.8 Å². The molecule has 1 heterocycles. The number of benzene rings is 2. The molecule has 1 aromatic heterocycles. The molecule has 0 saturated heterocycles. The smallest absolute Gasteiger partial charge is 0.275 e. The molecule has 0 aliphatic heterocycles. The summed E-state index contributed by atoms with van der Waals surface area (Å²) < 4.78 is 5.37. The molecular weight excluding hydrogens is 346 g/mol. The lowest BCUT2D eigenvalue weighted by Crippen LogP contribution is -2.13. The van der Waals surface area contributed by atoms with Crippen LogP contribution in [0.25, 0.3) is 0 Å². The van der Waals surface area contributed by atoms with Gasteiger partial charge in [-0.3, -0.25) is 4.79 Å². The Bertz CT molecular complexity index is 950. The number of aromatic nitrogens is 1. The van der Waals surface area contributed by atoms with E-state index < -0.39 is 0 Å². The molecule has 134 valence electrons. The van der Waals surface area contributed by atoms with Gasteiger partial charge in [-0.25, -0.2) is 4.98 Å². The maximum Gasteiger partial charge on any atom is 0.275 e. The molecule has 1 amide bonds. The molecule has 5 nitrogen and oxygen atoms in total. The average molecular weight is 367 g/mol. The monoisotopic (exact) mass is 367 g/mol. The highest BCUT2D eigenvalue weighted by atomic mass is 32.1. The summed E-state index contributed by atoms with van der Waals surface area (Å²) in [6, 6.07) is 11.7. The van der Waals surface area contributed by atoms with Gasteiger partial charge in [0.05, 0.1) is 12.8 Å². The number of amides is 1. The summed E-state index contributed by atoms with van der Waals surface area (Å²) in [5.41, 5.74) is 5.30. The van der Waals surface area contributed by atoms with Gasteiger partial charge >= 0.3 is 0 Å². The second-order valence-electron chi connectivity index (χ2n) is 6.07. The molecular formula is C20H21N3O2S. The number of nitrogens with one attached hydrogen (secondary N) is 2. The Hall–Kier alpha value is -2.86. The lowest BCUT2D eigenvalue weighted by Gasteiger charge is -2.10. The molecule has 3 aromatic rings. The van der Waals surface area contributed by atoms with E-state index >= 15 is 0 Å². The SMILES string of the molecule is COc1ccc(C)cc1Nc1nc(C(=O)Nc2cccc(C)c2C)cs1. The number of carbonyl (C=O) groups is 1. The Morgan fingerprint density at radius 3 is 2.69 bits per heavy atom. The van der Waals surface area contributed by atoms with Gasteiger partial charge in [0.15, 0.2) is 5.13 Å². The van der Waals surface area contributed by atoms with Crippen molar-refractivity contribution in [2.75, 3.05) is 17.7 Å². The molecule has 0 radical (unpaired) electrons. The Kier molecular flexibility index (Phi) is 5.23. The van der Waals surface area contributed by atoms with Crippen LogP contribution >= 0.6 is 11.3 Å². The van der Waals surface area contributed by atoms with Gasteiger partial charge in [0, 0.05) is 11.1 Å².